The summed E-state index contributed by atoms with van der Waals surface area (Å²) < 4.78 is 18.4. The van der Waals surface area contributed by atoms with E-state index in [1.54, 1.807) is 6.92 Å². The number of ether oxygens (including phenoxy) is 1. The first-order chi connectivity index (χ1) is 9.33. The summed E-state index contributed by atoms with van der Waals surface area (Å²) in [5.41, 5.74) is 0. The molecule has 0 aliphatic rings. The maximum absolute atomic E-state index is 9.26. The zero-order valence-electron chi connectivity index (χ0n) is 15.3. The predicted octanol–water partition coefficient (Wildman–Crippen LogP) is 1.78. The SMILES string of the molecule is CC(O)COCCC(C)([SiH2]O[Si](C)(C)C)[SiH2]O[Si](C)(C)C. The fourth-order valence-corrected chi connectivity index (χ4v) is 10.5. The maximum atomic E-state index is 9.26. The fourth-order valence-electron chi connectivity index (χ4n) is 1.54. The molecule has 21 heavy (non-hydrogen) atoms. The van der Waals surface area contributed by atoms with Gasteiger partial charge in [0, 0.05) is 6.61 Å². The van der Waals surface area contributed by atoms with Crippen molar-refractivity contribution in [2.24, 2.45) is 0 Å². The van der Waals surface area contributed by atoms with Crippen LogP contribution < -0.4 is 0 Å². The van der Waals surface area contributed by atoms with E-state index in [2.05, 4.69) is 46.2 Å². The molecule has 8 heteroatoms. The van der Waals surface area contributed by atoms with E-state index >= 15 is 0 Å². The highest BCUT2D eigenvalue weighted by Gasteiger charge is 2.31. The van der Waals surface area contributed by atoms with Gasteiger partial charge in [0.05, 0.1) is 12.7 Å². The van der Waals surface area contributed by atoms with E-state index in [-0.39, 0.29) is 10.8 Å². The highest BCUT2D eigenvalue weighted by molar-refractivity contribution is 6.78. The van der Waals surface area contributed by atoms with Crippen molar-refractivity contribution in [3.05, 3.63) is 0 Å². The molecule has 0 amide bonds. The van der Waals surface area contributed by atoms with Gasteiger partial charge in [-0.3, -0.25) is 0 Å². The minimum Gasteiger partial charge on any atom is -0.460 e. The van der Waals surface area contributed by atoms with Crippen molar-refractivity contribution >= 4 is 36.2 Å². The Morgan fingerprint density at radius 2 is 1.43 bits per heavy atom. The van der Waals surface area contributed by atoms with E-state index < -0.39 is 36.2 Å². The molecular weight excluding hydrogens is 332 g/mol. The summed E-state index contributed by atoms with van der Waals surface area (Å²) in [6.45, 7) is 18.7. The monoisotopic (exact) mass is 368 g/mol. The molecule has 1 N–H and O–H groups in total. The van der Waals surface area contributed by atoms with Crippen molar-refractivity contribution in [2.75, 3.05) is 13.2 Å². The average Bonchev–Trinajstić information content (AvgIpc) is 2.28. The van der Waals surface area contributed by atoms with Gasteiger partial charge >= 0.3 is 0 Å². The Labute approximate surface area is 138 Å². The Kier molecular flexibility index (Phi) is 9.42. The largest absolute Gasteiger partial charge is 0.460 e. The van der Waals surface area contributed by atoms with E-state index in [9.17, 15) is 5.11 Å². The van der Waals surface area contributed by atoms with E-state index in [1.165, 1.54) is 0 Å². The average molecular weight is 369 g/mol. The molecule has 0 saturated carbocycles. The molecule has 0 aliphatic carbocycles. The van der Waals surface area contributed by atoms with Crippen LogP contribution in [0.25, 0.3) is 0 Å². The molecule has 0 saturated heterocycles. The Morgan fingerprint density at radius 3 is 1.76 bits per heavy atom. The standard InChI is InChI=1S/C13H36O4Si4/c1-12(14)11-15-10-9-13(2,18-16-20(3,4)5)19-17-21(6,7)8/h12,14H,9-11,18-19H2,1-8H3. The lowest BCUT2D eigenvalue weighted by Gasteiger charge is -2.34. The second-order valence-corrected chi connectivity index (χ2v) is 24.0. The molecule has 0 heterocycles. The van der Waals surface area contributed by atoms with Gasteiger partial charge in [0.25, 0.3) is 0 Å². The van der Waals surface area contributed by atoms with Crippen molar-refractivity contribution in [3.8, 4) is 0 Å². The number of aliphatic hydroxyl groups is 1. The number of hydrogen-bond donors (Lipinski definition) is 1. The van der Waals surface area contributed by atoms with Crippen LogP contribution >= 0.6 is 0 Å². The minimum atomic E-state index is -1.45. The smallest absolute Gasteiger partial charge is 0.169 e. The molecule has 0 spiro atoms. The van der Waals surface area contributed by atoms with Gasteiger partial charge in [0.15, 0.2) is 36.2 Å². The van der Waals surface area contributed by atoms with Gasteiger partial charge in [-0.05, 0) is 57.3 Å². The van der Waals surface area contributed by atoms with Crippen LogP contribution in [0.1, 0.15) is 20.3 Å². The number of hydrogen-bond acceptors (Lipinski definition) is 4. The van der Waals surface area contributed by atoms with Crippen LogP contribution in [0.2, 0.25) is 43.9 Å². The van der Waals surface area contributed by atoms with Crippen LogP contribution in [0, 0.1) is 0 Å². The van der Waals surface area contributed by atoms with Crippen molar-refractivity contribution in [3.63, 3.8) is 0 Å². The first kappa shape index (κ1) is 21.7. The molecule has 0 aromatic heterocycles. The molecule has 0 aliphatic heterocycles. The lowest BCUT2D eigenvalue weighted by molar-refractivity contribution is 0.0436. The third kappa shape index (κ3) is 14.1. The van der Waals surface area contributed by atoms with Gasteiger partial charge in [0.2, 0.25) is 0 Å². The summed E-state index contributed by atoms with van der Waals surface area (Å²) in [4.78, 5) is 0. The Bertz CT molecular complexity index is 269. The zero-order chi connectivity index (χ0) is 16.7. The molecule has 0 rings (SSSR count). The summed E-state index contributed by atoms with van der Waals surface area (Å²) in [5.74, 6) is 0. The lowest BCUT2D eigenvalue weighted by Crippen LogP contribution is -2.40. The van der Waals surface area contributed by atoms with Crippen molar-refractivity contribution in [1.82, 2.24) is 0 Å². The molecule has 0 aromatic carbocycles. The fraction of sp³-hybridized carbons (Fsp3) is 1.00. The van der Waals surface area contributed by atoms with Gasteiger partial charge in [0.1, 0.15) is 0 Å². The van der Waals surface area contributed by atoms with E-state index in [4.69, 9.17) is 13.0 Å². The molecule has 0 fully saturated rings. The van der Waals surface area contributed by atoms with Crippen molar-refractivity contribution in [2.45, 2.75) is 70.3 Å². The van der Waals surface area contributed by atoms with Crippen LogP contribution in [-0.4, -0.2) is 60.6 Å². The minimum absolute atomic E-state index is 0.249. The molecule has 4 nitrogen and oxygen atoms in total. The Morgan fingerprint density at radius 1 is 1.00 bits per heavy atom. The second kappa shape index (κ2) is 9.11. The maximum Gasteiger partial charge on any atom is 0.169 e. The van der Waals surface area contributed by atoms with Crippen molar-refractivity contribution in [1.29, 1.82) is 0 Å². The topological polar surface area (TPSA) is 47.9 Å². The first-order valence-electron chi connectivity index (χ1n) is 7.87. The van der Waals surface area contributed by atoms with Crippen LogP contribution in [0.4, 0.5) is 0 Å². The molecule has 1 atom stereocenters. The molecule has 0 bridgehead atoms. The van der Waals surface area contributed by atoms with Gasteiger partial charge in [-0.1, -0.05) is 6.92 Å². The van der Waals surface area contributed by atoms with E-state index in [1.807, 2.05) is 0 Å². The summed E-state index contributed by atoms with van der Waals surface area (Å²) in [6.07, 6.45) is 0.620. The molecule has 1 unspecified atom stereocenters. The highest BCUT2D eigenvalue weighted by Crippen LogP contribution is 2.30. The van der Waals surface area contributed by atoms with Crippen LogP contribution in [0.5, 0.6) is 0 Å². The Balaban J connectivity index is 4.44. The summed E-state index contributed by atoms with van der Waals surface area (Å²) >= 11 is 0. The summed E-state index contributed by atoms with van der Waals surface area (Å²) in [6, 6.07) is 0. The number of rotatable bonds is 11. The zero-order valence-corrected chi connectivity index (χ0v) is 20.1. The molecular formula is C13H36O4Si4. The van der Waals surface area contributed by atoms with Gasteiger partial charge < -0.3 is 18.1 Å². The molecule has 0 aromatic rings. The quantitative estimate of drug-likeness (QED) is 0.446. The van der Waals surface area contributed by atoms with E-state index in [0.29, 0.717) is 13.2 Å². The first-order valence-corrected chi connectivity index (χ1v) is 17.3. The van der Waals surface area contributed by atoms with Crippen molar-refractivity contribution < 1.29 is 18.1 Å². The Hall–Kier alpha value is 0.708. The van der Waals surface area contributed by atoms with E-state index in [0.717, 1.165) is 6.42 Å². The predicted molar refractivity (Wildman–Crippen MR) is 101 cm³/mol. The van der Waals surface area contributed by atoms with Crippen LogP contribution in [-0.2, 0) is 13.0 Å². The van der Waals surface area contributed by atoms with Crippen LogP contribution in [0.3, 0.4) is 0 Å². The summed E-state index contributed by atoms with van der Waals surface area (Å²) in [7, 11) is -4.12. The van der Waals surface area contributed by atoms with Gasteiger partial charge in [-0.2, -0.15) is 0 Å². The molecule has 128 valence electrons. The normalized spacial score (nSPS) is 18.7. The summed E-state index contributed by atoms with van der Waals surface area (Å²) in [5, 5.41) is 9.26. The van der Waals surface area contributed by atoms with Crippen LogP contribution in [0.15, 0.2) is 0 Å². The second-order valence-electron chi connectivity index (χ2n) is 8.29. The van der Waals surface area contributed by atoms with Gasteiger partial charge in [-0.15, -0.1) is 0 Å². The third-order valence-corrected chi connectivity index (χ3v) is 14.3. The van der Waals surface area contributed by atoms with Gasteiger partial charge in [-0.25, -0.2) is 0 Å². The lowest BCUT2D eigenvalue weighted by atomic mass is 10.3. The number of aliphatic hydroxyl groups excluding tert-OH is 1. The molecule has 0 radical (unpaired) electrons. The third-order valence-electron chi connectivity index (χ3n) is 2.92. The highest BCUT2D eigenvalue weighted by atomic mass is 28.4.